The Bertz CT molecular complexity index is 283. The van der Waals surface area contributed by atoms with Crippen LogP contribution in [0.1, 0.15) is 19.3 Å². The Morgan fingerprint density at radius 3 is 2.65 bits per heavy atom. The van der Waals surface area contributed by atoms with Crippen molar-refractivity contribution in [1.29, 1.82) is 0 Å². The van der Waals surface area contributed by atoms with Gasteiger partial charge in [-0.3, -0.25) is 0 Å². The van der Waals surface area contributed by atoms with Crippen molar-refractivity contribution in [3.63, 3.8) is 0 Å². The van der Waals surface area contributed by atoms with Crippen molar-refractivity contribution in [2.75, 3.05) is 24.6 Å². The molecule has 2 fully saturated rings. The summed E-state index contributed by atoms with van der Waals surface area (Å²) < 4.78 is 30.3. The molecule has 0 amide bonds. The van der Waals surface area contributed by atoms with Crippen LogP contribution in [0.2, 0.25) is 0 Å². The van der Waals surface area contributed by atoms with Crippen molar-refractivity contribution in [3.05, 3.63) is 0 Å². The number of nitrogens with one attached hydrogen (secondary N) is 1. The molecule has 0 spiro atoms. The molecule has 0 bridgehead atoms. The summed E-state index contributed by atoms with van der Waals surface area (Å²) in [7, 11) is 0. The lowest BCUT2D eigenvalue weighted by atomic mass is 10.0. The molecule has 0 aliphatic carbocycles. The Morgan fingerprint density at radius 2 is 2.06 bits per heavy atom. The van der Waals surface area contributed by atoms with E-state index in [-0.39, 0.29) is 0 Å². The molecule has 2 aliphatic rings. The van der Waals surface area contributed by atoms with E-state index in [1.807, 2.05) is 11.8 Å². The second kappa shape index (κ2) is 5.52. The number of carbonyl (C=O) groups is 1. The van der Waals surface area contributed by atoms with Crippen LogP contribution >= 0.6 is 11.8 Å². The van der Waals surface area contributed by atoms with Gasteiger partial charge in [-0.05, 0) is 36.8 Å². The van der Waals surface area contributed by atoms with Crippen molar-refractivity contribution >= 4 is 17.7 Å². The highest BCUT2D eigenvalue weighted by molar-refractivity contribution is 7.99. The second-order valence-electron chi connectivity index (χ2n) is 4.65. The molecule has 0 aromatic carbocycles. The molecule has 2 heterocycles. The van der Waals surface area contributed by atoms with Gasteiger partial charge in [0.2, 0.25) is 0 Å². The fraction of sp³-hybridized carbons (Fsp3) is 0.909. The van der Waals surface area contributed by atoms with Gasteiger partial charge in [0, 0.05) is 6.54 Å². The van der Waals surface area contributed by atoms with E-state index in [9.17, 15) is 13.6 Å². The number of cyclic esters (lactones) is 1. The highest BCUT2D eigenvalue weighted by atomic mass is 32.2. The average Bonchev–Trinajstić information content (AvgIpc) is 2.54. The van der Waals surface area contributed by atoms with Crippen LogP contribution in [0.4, 0.5) is 8.78 Å². The molecule has 0 aromatic heterocycles. The fourth-order valence-corrected chi connectivity index (χ4v) is 3.37. The maximum absolute atomic E-state index is 12.9. The molecule has 2 rings (SSSR count). The maximum Gasteiger partial charge on any atom is 0.377 e. The van der Waals surface area contributed by atoms with Crippen LogP contribution in [-0.2, 0) is 9.53 Å². The van der Waals surface area contributed by atoms with E-state index in [4.69, 9.17) is 0 Å². The minimum Gasteiger partial charge on any atom is -0.456 e. The van der Waals surface area contributed by atoms with Gasteiger partial charge in [-0.2, -0.15) is 20.5 Å². The Hall–Kier alpha value is -0.360. The predicted octanol–water partition coefficient (Wildman–Crippen LogP) is 1.67. The molecule has 0 aromatic rings. The number of ether oxygens (including phenoxy) is 1. The maximum atomic E-state index is 12.9. The van der Waals surface area contributed by atoms with Crippen LogP contribution in [0.15, 0.2) is 0 Å². The lowest BCUT2D eigenvalue weighted by Crippen LogP contribution is -2.32. The number of hydrogen-bond donors (Lipinski definition) is 1. The van der Waals surface area contributed by atoms with Gasteiger partial charge in [-0.1, -0.05) is 0 Å². The molecule has 1 N–H and O–H groups in total. The largest absolute Gasteiger partial charge is 0.456 e. The van der Waals surface area contributed by atoms with Crippen molar-refractivity contribution < 1.29 is 18.3 Å². The van der Waals surface area contributed by atoms with E-state index in [0.717, 1.165) is 6.54 Å². The van der Waals surface area contributed by atoms with Crippen LogP contribution in [0.5, 0.6) is 0 Å². The molecular weight excluding hydrogens is 248 g/mol. The molecule has 0 radical (unpaired) electrons. The first kappa shape index (κ1) is 13.1. The van der Waals surface area contributed by atoms with E-state index in [2.05, 4.69) is 10.1 Å². The van der Waals surface area contributed by atoms with Gasteiger partial charge < -0.3 is 10.1 Å². The zero-order valence-electron chi connectivity index (χ0n) is 9.59. The first-order chi connectivity index (χ1) is 8.08. The lowest BCUT2D eigenvalue weighted by molar-refractivity contribution is -0.159. The minimum absolute atomic E-state index is 0.338. The first-order valence-electron chi connectivity index (χ1n) is 5.95. The minimum atomic E-state index is -3.28. The van der Waals surface area contributed by atoms with Crippen molar-refractivity contribution in [2.24, 2.45) is 5.92 Å². The average molecular weight is 265 g/mol. The van der Waals surface area contributed by atoms with E-state index in [1.54, 1.807) is 0 Å². The quantitative estimate of drug-likeness (QED) is 0.785. The molecule has 1 atom stereocenters. The predicted molar refractivity (Wildman–Crippen MR) is 62.4 cm³/mol. The molecule has 2 saturated heterocycles. The van der Waals surface area contributed by atoms with Gasteiger partial charge in [-0.15, -0.1) is 0 Å². The molecule has 1 unspecified atom stereocenters. The van der Waals surface area contributed by atoms with Gasteiger partial charge in [-0.25, -0.2) is 4.79 Å². The summed E-state index contributed by atoms with van der Waals surface area (Å²) in [5.74, 6) is -1.66. The van der Waals surface area contributed by atoms with Gasteiger partial charge in [0.05, 0.1) is 6.42 Å². The molecular formula is C11H17F2NO2S. The number of carbonyl (C=O) groups excluding carboxylic acids is 1. The summed E-state index contributed by atoms with van der Waals surface area (Å²) in [6.07, 6.45) is 1.20. The number of halogens is 2. The molecule has 3 nitrogen and oxygen atoms in total. The second-order valence-corrected chi connectivity index (χ2v) is 5.87. The highest BCUT2D eigenvalue weighted by Gasteiger charge is 2.50. The monoisotopic (exact) mass is 265 g/mol. The Labute approximate surface area is 104 Å². The number of esters is 1. The smallest absolute Gasteiger partial charge is 0.377 e. The third kappa shape index (κ3) is 3.55. The van der Waals surface area contributed by atoms with E-state index >= 15 is 0 Å². The third-order valence-electron chi connectivity index (χ3n) is 3.20. The molecule has 6 heteroatoms. The first-order valence-corrected chi connectivity index (χ1v) is 7.11. The normalized spacial score (nSPS) is 29.3. The SMILES string of the molecule is O=C1OC(CNCC2CCSCC2)CC1(F)F. The highest BCUT2D eigenvalue weighted by Crippen LogP contribution is 2.30. The Balaban J connectivity index is 1.64. The lowest BCUT2D eigenvalue weighted by Gasteiger charge is -2.22. The fourth-order valence-electron chi connectivity index (χ4n) is 2.16. The molecule has 98 valence electrons. The summed E-state index contributed by atoms with van der Waals surface area (Å²) in [5.41, 5.74) is 0. The third-order valence-corrected chi connectivity index (χ3v) is 4.25. The number of alkyl halides is 2. The van der Waals surface area contributed by atoms with Crippen LogP contribution in [0, 0.1) is 5.92 Å². The van der Waals surface area contributed by atoms with Crippen LogP contribution < -0.4 is 5.32 Å². The van der Waals surface area contributed by atoms with Gasteiger partial charge in [0.25, 0.3) is 0 Å². The van der Waals surface area contributed by atoms with Crippen LogP contribution in [0.3, 0.4) is 0 Å². The molecule has 17 heavy (non-hydrogen) atoms. The van der Waals surface area contributed by atoms with Gasteiger partial charge in [0.1, 0.15) is 6.10 Å². The summed E-state index contributed by atoms with van der Waals surface area (Å²) in [6, 6.07) is 0. The van der Waals surface area contributed by atoms with Crippen LogP contribution in [-0.4, -0.2) is 42.6 Å². The molecule has 2 aliphatic heterocycles. The van der Waals surface area contributed by atoms with E-state index < -0.39 is 24.4 Å². The molecule has 0 saturated carbocycles. The van der Waals surface area contributed by atoms with Crippen molar-refractivity contribution in [1.82, 2.24) is 5.32 Å². The number of rotatable bonds is 4. The van der Waals surface area contributed by atoms with E-state index in [1.165, 1.54) is 24.3 Å². The van der Waals surface area contributed by atoms with Crippen molar-refractivity contribution in [2.45, 2.75) is 31.3 Å². The number of thioether (sulfide) groups is 1. The zero-order chi connectivity index (χ0) is 12.3. The summed E-state index contributed by atoms with van der Waals surface area (Å²) in [5, 5.41) is 3.14. The van der Waals surface area contributed by atoms with E-state index in [0.29, 0.717) is 12.5 Å². The zero-order valence-corrected chi connectivity index (χ0v) is 10.4. The topological polar surface area (TPSA) is 38.3 Å². The summed E-state index contributed by atoms with van der Waals surface area (Å²) in [4.78, 5) is 10.8. The van der Waals surface area contributed by atoms with Crippen molar-refractivity contribution in [3.8, 4) is 0 Å². The Morgan fingerprint density at radius 1 is 1.35 bits per heavy atom. The summed E-state index contributed by atoms with van der Waals surface area (Å²) >= 11 is 1.96. The summed E-state index contributed by atoms with van der Waals surface area (Å²) in [6.45, 7) is 1.17. The number of hydrogen-bond acceptors (Lipinski definition) is 4. The van der Waals surface area contributed by atoms with Gasteiger partial charge >= 0.3 is 11.9 Å². The van der Waals surface area contributed by atoms with Crippen LogP contribution in [0.25, 0.3) is 0 Å². The standard InChI is InChI=1S/C11H17F2NO2S/c12-11(13)5-9(16-10(11)15)7-14-6-8-1-3-17-4-2-8/h8-9,14H,1-7H2. The Kier molecular flexibility index (Phi) is 4.25. The van der Waals surface area contributed by atoms with Gasteiger partial charge in [0.15, 0.2) is 0 Å².